The van der Waals surface area contributed by atoms with Gasteiger partial charge in [-0.25, -0.2) is 4.98 Å². The Bertz CT molecular complexity index is 355. The Hall–Kier alpha value is -0.450. The van der Waals surface area contributed by atoms with Gasteiger partial charge in [0, 0.05) is 23.5 Å². The molecule has 1 aromatic heterocycles. The number of hydrogen-bond acceptors (Lipinski definition) is 4. The topological polar surface area (TPSA) is 42.2 Å². The monoisotopic (exact) mass is 253 g/mol. The van der Waals surface area contributed by atoms with Crippen LogP contribution in [0.1, 0.15) is 42.7 Å². The molecule has 0 aromatic carbocycles. The molecule has 0 aliphatic heterocycles. The number of aromatic nitrogens is 1. The second-order valence-corrected chi connectivity index (χ2v) is 6.15. The van der Waals surface area contributed by atoms with Gasteiger partial charge in [-0.15, -0.1) is 11.3 Å². The van der Waals surface area contributed by atoms with Crippen LogP contribution in [0.3, 0.4) is 0 Å². The summed E-state index contributed by atoms with van der Waals surface area (Å²) in [6.45, 7) is 3.87. The maximum absolute atomic E-state index is 6.05. The van der Waals surface area contributed by atoms with E-state index in [0.717, 1.165) is 13.1 Å². The minimum absolute atomic E-state index is 0.231. The highest BCUT2D eigenvalue weighted by atomic mass is 32.1. The van der Waals surface area contributed by atoms with Crippen LogP contribution in [0.15, 0.2) is 5.51 Å². The molecule has 1 aliphatic rings. The summed E-state index contributed by atoms with van der Waals surface area (Å²) in [5.41, 5.74) is 9.39. The standard InChI is InChI=1S/C13H23N3S/c1-11-12(17-10-15-11)8-16(2)13(9-14)6-4-3-5-7-13/h10H,3-9,14H2,1-2H3. The first kappa shape index (κ1) is 13.0. The van der Waals surface area contributed by atoms with Crippen LogP contribution < -0.4 is 5.73 Å². The third-order valence-corrected chi connectivity index (χ3v) is 5.12. The van der Waals surface area contributed by atoms with Gasteiger partial charge < -0.3 is 5.73 Å². The molecule has 3 nitrogen and oxygen atoms in total. The summed E-state index contributed by atoms with van der Waals surface area (Å²) in [7, 11) is 2.22. The fourth-order valence-electron chi connectivity index (χ4n) is 2.81. The lowest BCUT2D eigenvalue weighted by Crippen LogP contribution is -2.52. The van der Waals surface area contributed by atoms with Gasteiger partial charge in [-0.1, -0.05) is 19.3 Å². The van der Waals surface area contributed by atoms with Gasteiger partial charge in [-0.2, -0.15) is 0 Å². The van der Waals surface area contributed by atoms with E-state index in [9.17, 15) is 0 Å². The smallest absolute Gasteiger partial charge is 0.0798 e. The molecule has 0 amide bonds. The molecule has 1 aliphatic carbocycles. The summed E-state index contributed by atoms with van der Waals surface area (Å²) in [6.07, 6.45) is 6.51. The van der Waals surface area contributed by atoms with Crippen molar-refractivity contribution in [3.63, 3.8) is 0 Å². The van der Waals surface area contributed by atoms with Crippen LogP contribution in [-0.2, 0) is 6.54 Å². The molecular weight excluding hydrogens is 230 g/mol. The number of aryl methyl sites for hydroxylation is 1. The largest absolute Gasteiger partial charge is 0.329 e. The van der Waals surface area contributed by atoms with Gasteiger partial charge in [0.2, 0.25) is 0 Å². The molecule has 1 aromatic rings. The number of likely N-dealkylation sites (N-methyl/N-ethyl adjacent to an activating group) is 1. The van der Waals surface area contributed by atoms with Crippen molar-refractivity contribution in [2.24, 2.45) is 5.73 Å². The average molecular weight is 253 g/mol. The minimum atomic E-state index is 0.231. The Morgan fingerprint density at radius 1 is 1.41 bits per heavy atom. The first-order valence-corrected chi connectivity index (χ1v) is 7.36. The molecule has 1 fully saturated rings. The number of hydrogen-bond donors (Lipinski definition) is 1. The molecule has 96 valence electrons. The van der Waals surface area contributed by atoms with E-state index in [2.05, 4.69) is 23.9 Å². The van der Waals surface area contributed by atoms with Gasteiger partial charge in [0.15, 0.2) is 0 Å². The van der Waals surface area contributed by atoms with Gasteiger partial charge in [-0.05, 0) is 26.8 Å². The van der Waals surface area contributed by atoms with Crippen LogP contribution in [0.4, 0.5) is 0 Å². The summed E-state index contributed by atoms with van der Waals surface area (Å²) >= 11 is 1.76. The van der Waals surface area contributed by atoms with E-state index < -0.39 is 0 Å². The normalized spacial score (nSPS) is 19.8. The van der Waals surface area contributed by atoms with Crippen molar-refractivity contribution in [1.82, 2.24) is 9.88 Å². The van der Waals surface area contributed by atoms with Crippen LogP contribution in [-0.4, -0.2) is 29.0 Å². The fraction of sp³-hybridized carbons (Fsp3) is 0.769. The summed E-state index contributed by atoms with van der Waals surface area (Å²) in [4.78, 5) is 8.17. The van der Waals surface area contributed by atoms with Crippen molar-refractivity contribution in [3.8, 4) is 0 Å². The van der Waals surface area contributed by atoms with E-state index in [1.165, 1.54) is 42.7 Å². The Labute approximate surface area is 108 Å². The number of rotatable bonds is 4. The molecule has 2 N–H and O–H groups in total. The van der Waals surface area contributed by atoms with Gasteiger partial charge in [0.1, 0.15) is 0 Å². The molecule has 0 atom stereocenters. The molecule has 0 spiro atoms. The van der Waals surface area contributed by atoms with Crippen LogP contribution in [0.25, 0.3) is 0 Å². The van der Waals surface area contributed by atoms with Crippen molar-refractivity contribution in [1.29, 1.82) is 0 Å². The lowest BCUT2D eigenvalue weighted by atomic mass is 9.80. The zero-order valence-corrected chi connectivity index (χ0v) is 11.7. The van der Waals surface area contributed by atoms with Crippen LogP contribution in [0, 0.1) is 6.92 Å². The van der Waals surface area contributed by atoms with Gasteiger partial charge in [0.25, 0.3) is 0 Å². The summed E-state index contributed by atoms with van der Waals surface area (Å²) in [5, 5.41) is 0. The second kappa shape index (κ2) is 5.46. The molecule has 0 bridgehead atoms. The Morgan fingerprint density at radius 2 is 2.12 bits per heavy atom. The SMILES string of the molecule is Cc1ncsc1CN(C)C1(CN)CCCCC1. The Morgan fingerprint density at radius 3 is 2.65 bits per heavy atom. The number of nitrogens with two attached hydrogens (primary N) is 1. The summed E-state index contributed by atoms with van der Waals surface area (Å²) in [6, 6.07) is 0. The first-order chi connectivity index (χ1) is 8.18. The Kier molecular flexibility index (Phi) is 4.17. The summed E-state index contributed by atoms with van der Waals surface area (Å²) in [5.74, 6) is 0. The highest BCUT2D eigenvalue weighted by Crippen LogP contribution is 2.33. The van der Waals surface area contributed by atoms with E-state index in [1.54, 1.807) is 11.3 Å². The number of thiazole rings is 1. The molecule has 4 heteroatoms. The highest BCUT2D eigenvalue weighted by molar-refractivity contribution is 7.09. The van der Waals surface area contributed by atoms with Crippen molar-refractivity contribution in [2.75, 3.05) is 13.6 Å². The molecule has 0 unspecified atom stereocenters. The predicted octanol–water partition coefficient (Wildman–Crippen LogP) is 2.54. The Balaban J connectivity index is 2.07. The number of nitrogens with zero attached hydrogens (tertiary/aromatic N) is 2. The zero-order valence-electron chi connectivity index (χ0n) is 10.9. The third-order valence-electron chi connectivity index (χ3n) is 4.20. The van der Waals surface area contributed by atoms with Crippen LogP contribution in [0.5, 0.6) is 0 Å². The van der Waals surface area contributed by atoms with E-state index in [-0.39, 0.29) is 5.54 Å². The van der Waals surface area contributed by atoms with E-state index in [1.807, 2.05) is 5.51 Å². The fourth-order valence-corrected chi connectivity index (χ4v) is 3.64. The van der Waals surface area contributed by atoms with Crippen molar-refractivity contribution >= 4 is 11.3 Å². The van der Waals surface area contributed by atoms with E-state index in [4.69, 9.17) is 5.73 Å². The maximum atomic E-state index is 6.05. The van der Waals surface area contributed by atoms with Crippen molar-refractivity contribution in [2.45, 2.75) is 51.1 Å². The maximum Gasteiger partial charge on any atom is 0.0798 e. The van der Waals surface area contributed by atoms with Gasteiger partial charge in [0.05, 0.1) is 11.2 Å². The van der Waals surface area contributed by atoms with Crippen LogP contribution >= 0.6 is 11.3 Å². The molecule has 2 rings (SSSR count). The van der Waals surface area contributed by atoms with E-state index >= 15 is 0 Å². The summed E-state index contributed by atoms with van der Waals surface area (Å²) < 4.78 is 0. The molecular formula is C13H23N3S. The lowest BCUT2D eigenvalue weighted by Gasteiger charge is -2.44. The predicted molar refractivity (Wildman–Crippen MR) is 73.2 cm³/mol. The second-order valence-electron chi connectivity index (χ2n) is 5.21. The third kappa shape index (κ3) is 2.69. The highest BCUT2D eigenvalue weighted by Gasteiger charge is 2.34. The average Bonchev–Trinajstić information content (AvgIpc) is 2.76. The zero-order chi connectivity index (χ0) is 12.3. The van der Waals surface area contributed by atoms with Crippen molar-refractivity contribution in [3.05, 3.63) is 16.1 Å². The molecule has 1 saturated carbocycles. The van der Waals surface area contributed by atoms with Crippen molar-refractivity contribution < 1.29 is 0 Å². The quantitative estimate of drug-likeness (QED) is 0.896. The molecule has 0 saturated heterocycles. The minimum Gasteiger partial charge on any atom is -0.329 e. The van der Waals surface area contributed by atoms with Gasteiger partial charge >= 0.3 is 0 Å². The van der Waals surface area contributed by atoms with Crippen LogP contribution in [0.2, 0.25) is 0 Å². The lowest BCUT2D eigenvalue weighted by molar-refractivity contribution is 0.0765. The molecule has 1 heterocycles. The van der Waals surface area contributed by atoms with Gasteiger partial charge in [-0.3, -0.25) is 4.90 Å². The molecule has 17 heavy (non-hydrogen) atoms. The first-order valence-electron chi connectivity index (χ1n) is 6.48. The molecule has 0 radical (unpaired) electrons. The van der Waals surface area contributed by atoms with E-state index in [0.29, 0.717) is 0 Å².